The highest BCUT2D eigenvalue weighted by Crippen LogP contribution is 2.18. The molecule has 0 aliphatic carbocycles. The first-order valence-electron chi connectivity index (χ1n) is 7.00. The molecule has 1 aromatic carbocycles. The van der Waals surface area contributed by atoms with Crippen molar-refractivity contribution in [1.82, 2.24) is 10.6 Å². The molecule has 4 heteroatoms. The molecule has 4 nitrogen and oxygen atoms in total. The average molecular weight is 274 g/mol. The van der Waals surface area contributed by atoms with Crippen molar-refractivity contribution in [2.75, 3.05) is 26.2 Å². The fourth-order valence-electron chi connectivity index (χ4n) is 2.20. The van der Waals surface area contributed by atoms with Gasteiger partial charge in [0.1, 0.15) is 5.75 Å². The summed E-state index contributed by atoms with van der Waals surface area (Å²) in [5.74, 6) is 0.691. The molecular weight excluding hydrogens is 252 g/mol. The van der Waals surface area contributed by atoms with Gasteiger partial charge < -0.3 is 15.4 Å². The van der Waals surface area contributed by atoms with Crippen LogP contribution in [-0.4, -0.2) is 32.1 Å². The SMILES string of the molecule is Cc1ccc(OCC(=O)NCC2=CCNCC2)c(C)c1. The number of hydrogen-bond acceptors (Lipinski definition) is 3. The number of benzene rings is 1. The molecule has 0 spiro atoms. The highest BCUT2D eigenvalue weighted by molar-refractivity contribution is 5.77. The van der Waals surface area contributed by atoms with E-state index in [-0.39, 0.29) is 12.5 Å². The molecule has 1 aliphatic rings. The van der Waals surface area contributed by atoms with Gasteiger partial charge in [-0.25, -0.2) is 0 Å². The van der Waals surface area contributed by atoms with Gasteiger partial charge in [-0.15, -0.1) is 0 Å². The topological polar surface area (TPSA) is 50.4 Å². The van der Waals surface area contributed by atoms with Crippen LogP contribution in [0.4, 0.5) is 0 Å². The van der Waals surface area contributed by atoms with Gasteiger partial charge in [0.05, 0.1) is 0 Å². The number of amides is 1. The van der Waals surface area contributed by atoms with E-state index in [1.54, 1.807) is 0 Å². The summed E-state index contributed by atoms with van der Waals surface area (Å²) in [7, 11) is 0. The molecule has 0 fully saturated rings. The molecule has 108 valence electrons. The van der Waals surface area contributed by atoms with Crippen LogP contribution in [0.2, 0.25) is 0 Å². The lowest BCUT2D eigenvalue weighted by molar-refractivity contribution is -0.122. The largest absolute Gasteiger partial charge is 0.484 e. The van der Waals surface area contributed by atoms with Crippen LogP contribution in [-0.2, 0) is 4.79 Å². The average Bonchev–Trinajstić information content (AvgIpc) is 2.45. The van der Waals surface area contributed by atoms with Gasteiger partial charge in [0, 0.05) is 13.1 Å². The van der Waals surface area contributed by atoms with Gasteiger partial charge in [-0.3, -0.25) is 4.79 Å². The van der Waals surface area contributed by atoms with Crippen LogP contribution >= 0.6 is 0 Å². The number of nitrogens with one attached hydrogen (secondary N) is 2. The second-order valence-corrected chi connectivity index (χ2v) is 5.15. The van der Waals surface area contributed by atoms with Crippen molar-refractivity contribution in [3.8, 4) is 5.75 Å². The van der Waals surface area contributed by atoms with E-state index in [0.29, 0.717) is 6.54 Å². The van der Waals surface area contributed by atoms with E-state index >= 15 is 0 Å². The number of aryl methyl sites for hydroxylation is 2. The van der Waals surface area contributed by atoms with Crippen LogP contribution in [0.5, 0.6) is 5.75 Å². The summed E-state index contributed by atoms with van der Waals surface area (Å²) in [6, 6.07) is 5.94. The van der Waals surface area contributed by atoms with Gasteiger partial charge in [-0.2, -0.15) is 0 Å². The summed E-state index contributed by atoms with van der Waals surface area (Å²) in [6.07, 6.45) is 3.13. The first-order chi connectivity index (χ1) is 9.65. The van der Waals surface area contributed by atoms with Crippen LogP contribution in [0.25, 0.3) is 0 Å². The molecule has 0 saturated heterocycles. The first-order valence-corrected chi connectivity index (χ1v) is 7.00. The molecule has 0 unspecified atom stereocenters. The highest BCUT2D eigenvalue weighted by atomic mass is 16.5. The maximum atomic E-state index is 11.8. The molecule has 1 heterocycles. The van der Waals surface area contributed by atoms with E-state index in [9.17, 15) is 4.79 Å². The molecule has 20 heavy (non-hydrogen) atoms. The Balaban J connectivity index is 1.75. The van der Waals surface area contributed by atoms with Crippen LogP contribution in [0, 0.1) is 13.8 Å². The Morgan fingerprint density at radius 1 is 1.40 bits per heavy atom. The van der Waals surface area contributed by atoms with Crippen molar-refractivity contribution in [3.63, 3.8) is 0 Å². The van der Waals surface area contributed by atoms with Crippen molar-refractivity contribution in [2.45, 2.75) is 20.3 Å². The summed E-state index contributed by atoms with van der Waals surface area (Å²) in [6.45, 7) is 6.59. The second kappa shape index (κ2) is 7.10. The Morgan fingerprint density at radius 2 is 2.25 bits per heavy atom. The molecular formula is C16H22N2O2. The maximum absolute atomic E-state index is 11.8. The Morgan fingerprint density at radius 3 is 2.95 bits per heavy atom. The Labute approximate surface area is 120 Å². The van der Waals surface area contributed by atoms with E-state index in [2.05, 4.69) is 16.7 Å². The van der Waals surface area contributed by atoms with Crippen molar-refractivity contribution in [2.24, 2.45) is 0 Å². The van der Waals surface area contributed by atoms with E-state index in [1.165, 1.54) is 11.1 Å². The summed E-state index contributed by atoms with van der Waals surface area (Å²) < 4.78 is 5.55. The van der Waals surface area contributed by atoms with E-state index in [4.69, 9.17) is 4.74 Å². The molecule has 1 amide bonds. The van der Waals surface area contributed by atoms with Gasteiger partial charge in [-0.1, -0.05) is 29.3 Å². The number of carbonyl (C=O) groups excluding carboxylic acids is 1. The number of rotatable bonds is 5. The minimum Gasteiger partial charge on any atom is -0.484 e. The number of hydrogen-bond donors (Lipinski definition) is 2. The molecule has 1 aromatic rings. The van der Waals surface area contributed by atoms with Gasteiger partial charge in [0.2, 0.25) is 0 Å². The maximum Gasteiger partial charge on any atom is 0.258 e. The van der Waals surface area contributed by atoms with Crippen LogP contribution < -0.4 is 15.4 Å². The summed E-state index contributed by atoms with van der Waals surface area (Å²) in [4.78, 5) is 11.8. The standard InChI is InChI=1S/C16H22N2O2/c1-12-3-4-15(13(2)9-12)20-11-16(19)18-10-14-5-7-17-8-6-14/h3-5,9,17H,6-8,10-11H2,1-2H3,(H,18,19). The predicted molar refractivity (Wildman–Crippen MR) is 80.0 cm³/mol. The third kappa shape index (κ3) is 4.38. The van der Waals surface area contributed by atoms with E-state index < -0.39 is 0 Å². The van der Waals surface area contributed by atoms with Gasteiger partial charge in [0.25, 0.3) is 5.91 Å². The molecule has 0 atom stereocenters. The molecule has 0 bridgehead atoms. The van der Waals surface area contributed by atoms with Gasteiger partial charge in [0.15, 0.2) is 6.61 Å². The lowest BCUT2D eigenvalue weighted by Crippen LogP contribution is -2.32. The first kappa shape index (κ1) is 14.6. The third-order valence-electron chi connectivity index (χ3n) is 3.36. The quantitative estimate of drug-likeness (QED) is 0.804. The highest BCUT2D eigenvalue weighted by Gasteiger charge is 2.07. The molecule has 0 saturated carbocycles. The fourth-order valence-corrected chi connectivity index (χ4v) is 2.20. The summed E-state index contributed by atoms with van der Waals surface area (Å²) in [5, 5.41) is 6.14. The zero-order chi connectivity index (χ0) is 14.4. The van der Waals surface area contributed by atoms with Crippen LogP contribution in [0.15, 0.2) is 29.8 Å². The van der Waals surface area contributed by atoms with Crippen LogP contribution in [0.3, 0.4) is 0 Å². The van der Waals surface area contributed by atoms with Crippen molar-refractivity contribution in [3.05, 3.63) is 41.0 Å². The van der Waals surface area contributed by atoms with E-state index in [0.717, 1.165) is 30.8 Å². The normalized spacial score (nSPS) is 14.6. The van der Waals surface area contributed by atoms with Crippen molar-refractivity contribution >= 4 is 5.91 Å². The zero-order valence-electron chi connectivity index (χ0n) is 12.2. The predicted octanol–water partition coefficient (Wildman–Crippen LogP) is 1.72. The summed E-state index contributed by atoms with van der Waals surface area (Å²) >= 11 is 0. The Hall–Kier alpha value is -1.81. The minimum absolute atomic E-state index is 0.0649. The van der Waals surface area contributed by atoms with Gasteiger partial charge >= 0.3 is 0 Å². The minimum atomic E-state index is -0.0793. The Kier molecular flexibility index (Phi) is 5.18. The van der Waals surface area contributed by atoms with Crippen LogP contribution in [0.1, 0.15) is 17.5 Å². The number of carbonyl (C=O) groups is 1. The Bertz CT molecular complexity index is 509. The monoisotopic (exact) mass is 274 g/mol. The zero-order valence-corrected chi connectivity index (χ0v) is 12.2. The smallest absolute Gasteiger partial charge is 0.258 e. The fraction of sp³-hybridized carbons (Fsp3) is 0.438. The molecule has 2 N–H and O–H groups in total. The summed E-state index contributed by atoms with van der Waals surface area (Å²) in [5.41, 5.74) is 3.53. The number of ether oxygens (including phenoxy) is 1. The van der Waals surface area contributed by atoms with E-state index in [1.807, 2.05) is 32.0 Å². The third-order valence-corrected chi connectivity index (χ3v) is 3.36. The molecule has 1 aliphatic heterocycles. The molecule has 0 aromatic heterocycles. The second-order valence-electron chi connectivity index (χ2n) is 5.15. The lowest BCUT2D eigenvalue weighted by Gasteiger charge is -2.15. The van der Waals surface area contributed by atoms with Crippen molar-refractivity contribution < 1.29 is 9.53 Å². The lowest BCUT2D eigenvalue weighted by atomic mass is 10.1. The van der Waals surface area contributed by atoms with Crippen molar-refractivity contribution in [1.29, 1.82) is 0 Å². The molecule has 2 rings (SSSR count). The van der Waals surface area contributed by atoms with Gasteiger partial charge in [-0.05, 0) is 38.4 Å². The molecule has 0 radical (unpaired) electrons.